The summed E-state index contributed by atoms with van der Waals surface area (Å²) in [6.45, 7) is 4.91. The summed E-state index contributed by atoms with van der Waals surface area (Å²) >= 11 is 0. The van der Waals surface area contributed by atoms with Gasteiger partial charge in [-0.3, -0.25) is 0 Å². The van der Waals surface area contributed by atoms with E-state index in [1.807, 2.05) is 4.90 Å². The highest BCUT2D eigenvalue weighted by atomic mass is 16.2. The molecule has 0 aromatic rings. The topological polar surface area (TPSA) is 44.4 Å². The van der Waals surface area contributed by atoms with E-state index in [4.69, 9.17) is 0 Å². The average molecular weight is 197 g/mol. The van der Waals surface area contributed by atoms with Crippen LogP contribution in [0.3, 0.4) is 0 Å². The van der Waals surface area contributed by atoms with Gasteiger partial charge in [-0.05, 0) is 26.3 Å². The third-order valence-corrected chi connectivity index (χ3v) is 3.31. The molecule has 2 heterocycles. The quantitative estimate of drug-likeness (QED) is 0.678. The molecule has 80 valence electrons. The Kier molecular flexibility index (Phi) is 2.91. The summed E-state index contributed by atoms with van der Waals surface area (Å²) in [5, 5.41) is 6.34. The number of urea groups is 1. The highest BCUT2D eigenvalue weighted by molar-refractivity contribution is 5.76. The molecule has 2 amide bonds. The molecule has 0 aromatic carbocycles. The molecule has 0 spiro atoms. The second-order valence-electron chi connectivity index (χ2n) is 4.22. The third-order valence-electron chi connectivity index (χ3n) is 3.31. The Morgan fingerprint density at radius 3 is 2.86 bits per heavy atom. The molecule has 2 rings (SSSR count). The Balaban J connectivity index is 1.92. The maximum Gasteiger partial charge on any atom is 0.317 e. The van der Waals surface area contributed by atoms with Crippen molar-refractivity contribution in [2.75, 3.05) is 19.6 Å². The Labute approximate surface area is 85.0 Å². The van der Waals surface area contributed by atoms with Crippen LogP contribution in [0.5, 0.6) is 0 Å². The van der Waals surface area contributed by atoms with Crippen LogP contribution < -0.4 is 10.6 Å². The van der Waals surface area contributed by atoms with Gasteiger partial charge in [0.05, 0.1) is 0 Å². The lowest BCUT2D eigenvalue weighted by Gasteiger charge is -2.34. The molecule has 14 heavy (non-hydrogen) atoms. The Hall–Kier alpha value is -0.770. The van der Waals surface area contributed by atoms with Crippen molar-refractivity contribution in [3.8, 4) is 0 Å². The molecule has 2 atom stereocenters. The summed E-state index contributed by atoms with van der Waals surface area (Å²) in [5.74, 6) is 0. The van der Waals surface area contributed by atoms with E-state index in [0.29, 0.717) is 12.1 Å². The van der Waals surface area contributed by atoms with E-state index in [9.17, 15) is 4.79 Å². The number of carbonyl (C=O) groups is 1. The van der Waals surface area contributed by atoms with Crippen LogP contribution in [0.15, 0.2) is 0 Å². The summed E-state index contributed by atoms with van der Waals surface area (Å²) in [7, 11) is 0. The summed E-state index contributed by atoms with van der Waals surface area (Å²) in [5.41, 5.74) is 0. The van der Waals surface area contributed by atoms with E-state index in [0.717, 1.165) is 19.6 Å². The first-order valence-electron chi connectivity index (χ1n) is 5.57. The molecular weight excluding hydrogens is 178 g/mol. The van der Waals surface area contributed by atoms with Gasteiger partial charge in [0, 0.05) is 25.2 Å². The van der Waals surface area contributed by atoms with Crippen molar-refractivity contribution in [1.29, 1.82) is 0 Å². The van der Waals surface area contributed by atoms with E-state index in [2.05, 4.69) is 17.6 Å². The monoisotopic (exact) mass is 197 g/mol. The Morgan fingerprint density at radius 2 is 2.29 bits per heavy atom. The maximum atomic E-state index is 11.4. The van der Waals surface area contributed by atoms with Gasteiger partial charge in [-0.15, -0.1) is 0 Å². The largest absolute Gasteiger partial charge is 0.336 e. The van der Waals surface area contributed by atoms with Crippen LogP contribution in [-0.2, 0) is 0 Å². The van der Waals surface area contributed by atoms with Gasteiger partial charge >= 0.3 is 6.03 Å². The van der Waals surface area contributed by atoms with Crippen molar-refractivity contribution in [3.63, 3.8) is 0 Å². The first-order chi connectivity index (χ1) is 6.79. The predicted molar refractivity (Wildman–Crippen MR) is 55.2 cm³/mol. The number of nitrogens with zero attached hydrogens (tertiary/aromatic N) is 1. The molecule has 2 aliphatic rings. The van der Waals surface area contributed by atoms with Gasteiger partial charge in [0.1, 0.15) is 0 Å². The first kappa shape index (κ1) is 9.77. The highest BCUT2D eigenvalue weighted by Gasteiger charge is 2.30. The second-order valence-corrected chi connectivity index (χ2v) is 4.22. The van der Waals surface area contributed by atoms with Gasteiger partial charge in [-0.1, -0.05) is 6.42 Å². The zero-order valence-electron chi connectivity index (χ0n) is 8.75. The Bertz CT molecular complexity index is 213. The maximum absolute atomic E-state index is 11.4. The number of piperidine rings is 1. The second kappa shape index (κ2) is 4.17. The smallest absolute Gasteiger partial charge is 0.317 e. The van der Waals surface area contributed by atoms with Crippen LogP contribution in [0.25, 0.3) is 0 Å². The standard InChI is InChI=1S/C10H19N3O/c1-8(9-4-2-3-5-11-9)13-7-6-12-10(13)14/h8-9,11H,2-7H2,1H3,(H,12,14). The van der Waals surface area contributed by atoms with E-state index < -0.39 is 0 Å². The van der Waals surface area contributed by atoms with Crippen LogP contribution in [0.4, 0.5) is 4.79 Å². The van der Waals surface area contributed by atoms with E-state index >= 15 is 0 Å². The third kappa shape index (κ3) is 1.85. The minimum absolute atomic E-state index is 0.102. The van der Waals surface area contributed by atoms with Crippen molar-refractivity contribution in [2.45, 2.75) is 38.3 Å². The fourth-order valence-corrected chi connectivity index (χ4v) is 2.38. The Morgan fingerprint density at radius 1 is 1.43 bits per heavy atom. The molecule has 2 fully saturated rings. The molecule has 2 saturated heterocycles. The summed E-state index contributed by atoms with van der Waals surface area (Å²) in [6, 6.07) is 0.926. The first-order valence-corrected chi connectivity index (χ1v) is 5.57. The molecule has 0 aliphatic carbocycles. The van der Waals surface area contributed by atoms with E-state index in [1.165, 1.54) is 19.3 Å². The summed E-state index contributed by atoms with van der Waals surface area (Å²) in [6.07, 6.45) is 3.76. The van der Waals surface area contributed by atoms with Crippen molar-refractivity contribution < 1.29 is 4.79 Å². The average Bonchev–Trinajstić information content (AvgIpc) is 2.65. The zero-order valence-corrected chi connectivity index (χ0v) is 8.75. The molecule has 4 heteroatoms. The number of nitrogens with one attached hydrogen (secondary N) is 2. The number of rotatable bonds is 2. The number of carbonyl (C=O) groups excluding carboxylic acids is 1. The molecule has 2 N–H and O–H groups in total. The van der Waals surface area contributed by atoms with Crippen LogP contribution in [0.1, 0.15) is 26.2 Å². The van der Waals surface area contributed by atoms with Crippen molar-refractivity contribution in [1.82, 2.24) is 15.5 Å². The number of hydrogen-bond donors (Lipinski definition) is 2. The molecule has 0 aromatic heterocycles. The fraction of sp³-hybridized carbons (Fsp3) is 0.900. The summed E-state index contributed by atoms with van der Waals surface area (Å²) < 4.78 is 0. The predicted octanol–water partition coefficient (Wildman–Crippen LogP) is 0.542. The molecule has 0 saturated carbocycles. The number of amides is 2. The minimum Gasteiger partial charge on any atom is -0.336 e. The minimum atomic E-state index is 0.102. The van der Waals surface area contributed by atoms with Crippen LogP contribution in [-0.4, -0.2) is 42.6 Å². The van der Waals surface area contributed by atoms with Crippen LogP contribution in [0.2, 0.25) is 0 Å². The molecule has 2 unspecified atom stereocenters. The van der Waals surface area contributed by atoms with Crippen molar-refractivity contribution in [3.05, 3.63) is 0 Å². The van der Waals surface area contributed by atoms with Crippen LogP contribution in [0, 0.1) is 0 Å². The van der Waals surface area contributed by atoms with Crippen LogP contribution >= 0.6 is 0 Å². The van der Waals surface area contributed by atoms with E-state index in [-0.39, 0.29) is 6.03 Å². The lowest BCUT2D eigenvalue weighted by Crippen LogP contribution is -2.51. The normalized spacial score (nSPS) is 30.2. The SMILES string of the molecule is CC(C1CCCCN1)N1CCNC1=O. The van der Waals surface area contributed by atoms with Gasteiger partial charge in [-0.25, -0.2) is 4.79 Å². The zero-order chi connectivity index (χ0) is 9.97. The fourth-order valence-electron chi connectivity index (χ4n) is 2.38. The van der Waals surface area contributed by atoms with Gasteiger partial charge in [-0.2, -0.15) is 0 Å². The van der Waals surface area contributed by atoms with Gasteiger partial charge in [0.15, 0.2) is 0 Å². The van der Waals surface area contributed by atoms with Gasteiger partial charge in [0.25, 0.3) is 0 Å². The summed E-state index contributed by atoms with van der Waals surface area (Å²) in [4.78, 5) is 13.4. The van der Waals surface area contributed by atoms with Gasteiger partial charge < -0.3 is 15.5 Å². The molecule has 4 nitrogen and oxygen atoms in total. The lowest BCUT2D eigenvalue weighted by molar-refractivity contribution is 0.177. The van der Waals surface area contributed by atoms with Gasteiger partial charge in [0.2, 0.25) is 0 Å². The van der Waals surface area contributed by atoms with Crippen molar-refractivity contribution >= 4 is 6.03 Å². The van der Waals surface area contributed by atoms with E-state index in [1.54, 1.807) is 0 Å². The molecular formula is C10H19N3O. The number of hydrogen-bond acceptors (Lipinski definition) is 2. The lowest BCUT2D eigenvalue weighted by atomic mass is 9.98. The molecule has 2 aliphatic heterocycles. The highest BCUT2D eigenvalue weighted by Crippen LogP contribution is 2.16. The molecule has 0 radical (unpaired) electrons. The van der Waals surface area contributed by atoms with Crippen molar-refractivity contribution in [2.24, 2.45) is 0 Å². The molecule has 0 bridgehead atoms.